The fourth-order valence-corrected chi connectivity index (χ4v) is 2.21. The molecular weight excluding hydrogens is 256 g/mol. The van der Waals surface area contributed by atoms with Gasteiger partial charge in [0.15, 0.2) is 0 Å². The third-order valence-corrected chi connectivity index (χ3v) is 2.66. The van der Waals surface area contributed by atoms with E-state index in [1.54, 1.807) is 24.4 Å². The second kappa shape index (κ2) is 3.93. The number of aromatic nitrogens is 2. The average Bonchev–Trinajstić information content (AvgIpc) is 2.50. The van der Waals surface area contributed by atoms with Gasteiger partial charge in [-0.2, -0.15) is 5.10 Å². The zero-order valence-electron chi connectivity index (χ0n) is 7.42. The van der Waals surface area contributed by atoms with Gasteiger partial charge in [-0.3, -0.25) is 0 Å². The molecule has 78 valence electrons. The fourth-order valence-electron chi connectivity index (χ4n) is 1.24. The van der Waals surface area contributed by atoms with Crippen LogP contribution in [0, 0.1) is 0 Å². The molecule has 0 aliphatic heterocycles. The standard InChI is InChI=1S/C9H6Cl3N3/c10-5-3-6(11)9(7(12)4-5)15-8(13)1-2-14-15/h1-4H,13H2. The van der Waals surface area contributed by atoms with E-state index in [1.807, 2.05) is 0 Å². The molecular formula is C9H6Cl3N3. The molecule has 0 aliphatic carbocycles. The van der Waals surface area contributed by atoms with E-state index in [2.05, 4.69) is 5.10 Å². The molecule has 1 aromatic heterocycles. The van der Waals surface area contributed by atoms with E-state index in [0.717, 1.165) is 0 Å². The van der Waals surface area contributed by atoms with Gasteiger partial charge in [-0.05, 0) is 12.1 Å². The van der Waals surface area contributed by atoms with Gasteiger partial charge in [-0.15, -0.1) is 0 Å². The Morgan fingerprint density at radius 3 is 2.20 bits per heavy atom. The van der Waals surface area contributed by atoms with E-state index < -0.39 is 0 Å². The summed E-state index contributed by atoms with van der Waals surface area (Å²) in [5.74, 6) is 0.459. The summed E-state index contributed by atoms with van der Waals surface area (Å²) in [5.41, 5.74) is 6.23. The zero-order chi connectivity index (χ0) is 11.0. The van der Waals surface area contributed by atoms with Crippen LogP contribution in [0.3, 0.4) is 0 Å². The molecule has 2 N–H and O–H groups in total. The predicted octanol–water partition coefficient (Wildman–Crippen LogP) is 3.41. The van der Waals surface area contributed by atoms with Gasteiger partial charge in [-0.25, -0.2) is 4.68 Å². The summed E-state index contributed by atoms with van der Waals surface area (Å²) in [6, 6.07) is 4.83. The minimum atomic E-state index is 0.405. The Morgan fingerprint density at radius 1 is 1.13 bits per heavy atom. The Bertz CT molecular complexity index is 484. The van der Waals surface area contributed by atoms with Crippen molar-refractivity contribution in [1.29, 1.82) is 0 Å². The first kappa shape index (κ1) is 10.6. The van der Waals surface area contributed by atoms with Crippen LogP contribution in [0.5, 0.6) is 0 Å². The maximum atomic E-state index is 6.01. The molecule has 0 atom stereocenters. The molecule has 0 bridgehead atoms. The van der Waals surface area contributed by atoms with E-state index in [9.17, 15) is 0 Å². The molecule has 2 aromatic rings. The predicted molar refractivity (Wildman–Crippen MR) is 63.0 cm³/mol. The molecule has 1 aromatic carbocycles. The summed E-state index contributed by atoms with van der Waals surface area (Å²) >= 11 is 17.8. The van der Waals surface area contributed by atoms with Crippen molar-refractivity contribution in [2.75, 3.05) is 5.73 Å². The van der Waals surface area contributed by atoms with Crippen LogP contribution in [0.2, 0.25) is 15.1 Å². The van der Waals surface area contributed by atoms with Crippen molar-refractivity contribution in [3.05, 3.63) is 39.5 Å². The number of nitrogens with two attached hydrogens (primary N) is 1. The molecule has 1 heterocycles. The molecule has 2 rings (SSSR count). The number of rotatable bonds is 1. The van der Waals surface area contributed by atoms with Crippen molar-refractivity contribution in [3.8, 4) is 5.69 Å². The Balaban J connectivity index is 2.68. The van der Waals surface area contributed by atoms with E-state index >= 15 is 0 Å². The van der Waals surface area contributed by atoms with Crippen LogP contribution >= 0.6 is 34.8 Å². The maximum Gasteiger partial charge on any atom is 0.127 e. The summed E-state index contributed by atoms with van der Waals surface area (Å²) in [6.45, 7) is 0. The highest BCUT2D eigenvalue weighted by molar-refractivity contribution is 6.40. The second-order valence-electron chi connectivity index (χ2n) is 2.89. The Morgan fingerprint density at radius 2 is 1.73 bits per heavy atom. The number of nitrogens with zero attached hydrogens (tertiary/aromatic N) is 2. The molecule has 15 heavy (non-hydrogen) atoms. The molecule has 6 heteroatoms. The van der Waals surface area contributed by atoms with Crippen LogP contribution in [0.15, 0.2) is 24.4 Å². The number of anilines is 1. The second-order valence-corrected chi connectivity index (χ2v) is 4.14. The summed E-state index contributed by atoms with van der Waals surface area (Å²) < 4.78 is 1.46. The van der Waals surface area contributed by atoms with Crippen LogP contribution in [-0.2, 0) is 0 Å². The topological polar surface area (TPSA) is 43.8 Å². The van der Waals surface area contributed by atoms with Crippen LogP contribution in [-0.4, -0.2) is 9.78 Å². The van der Waals surface area contributed by atoms with Crippen molar-refractivity contribution in [1.82, 2.24) is 9.78 Å². The van der Waals surface area contributed by atoms with Gasteiger partial charge in [0.25, 0.3) is 0 Å². The highest BCUT2D eigenvalue weighted by Gasteiger charge is 2.12. The van der Waals surface area contributed by atoms with Gasteiger partial charge in [0, 0.05) is 11.1 Å². The number of benzene rings is 1. The monoisotopic (exact) mass is 261 g/mol. The molecule has 0 saturated heterocycles. The lowest BCUT2D eigenvalue weighted by molar-refractivity contribution is 0.892. The average molecular weight is 263 g/mol. The van der Waals surface area contributed by atoms with Crippen molar-refractivity contribution in [3.63, 3.8) is 0 Å². The van der Waals surface area contributed by atoms with E-state index in [1.165, 1.54) is 4.68 Å². The molecule has 0 radical (unpaired) electrons. The highest BCUT2D eigenvalue weighted by Crippen LogP contribution is 2.32. The van der Waals surface area contributed by atoms with E-state index in [4.69, 9.17) is 40.5 Å². The molecule has 0 saturated carbocycles. The van der Waals surface area contributed by atoms with Gasteiger partial charge in [0.1, 0.15) is 11.5 Å². The summed E-state index contributed by atoms with van der Waals surface area (Å²) in [5, 5.41) is 5.30. The van der Waals surface area contributed by atoms with Crippen LogP contribution in [0.25, 0.3) is 5.69 Å². The van der Waals surface area contributed by atoms with Crippen molar-refractivity contribution < 1.29 is 0 Å². The lowest BCUT2D eigenvalue weighted by Crippen LogP contribution is -2.03. The molecule has 0 fully saturated rings. The van der Waals surface area contributed by atoms with E-state index in [0.29, 0.717) is 26.6 Å². The number of nitrogen functional groups attached to an aromatic ring is 1. The van der Waals surface area contributed by atoms with Gasteiger partial charge in [-0.1, -0.05) is 34.8 Å². The van der Waals surface area contributed by atoms with Gasteiger partial charge >= 0.3 is 0 Å². The van der Waals surface area contributed by atoms with Crippen molar-refractivity contribution in [2.24, 2.45) is 0 Å². The van der Waals surface area contributed by atoms with Crippen molar-refractivity contribution in [2.45, 2.75) is 0 Å². The highest BCUT2D eigenvalue weighted by atomic mass is 35.5. The fraction of sp³-hybridized carbons (Fsp3) is 0. The smallest absolute Gasteiger partial charge is 0.127 e. The Hall–Kier alpha value is -0.900. The SMILES string of the molecule is Nc1ccnn1-c1c(Cl)cc(Cl)cc1Cl. The van der Waals surface area contributed by atoms with Crippen LogP contribution in [0.1, 0.15) is 0 Å². The summed E-state index contributed by atoms with van der Waals surface area (Å²) in [6.07, 6.45) is 1.57. The minimum absolute atomic E-state index is 0.405. The summed E-state index contributed by atoms with van der Waals surface area (Å²) in [7, 11) is 0. The normalized spacial score (nSPS) is 10.6. The Kier molecular flexibility index (Phi) is 2.78. The quantitative estimate of drug-likeness (QED) is 0.856. The Labute approximate surface area is 101 Å². The largest absolute Gasteiger partial charge is 0.384 e. The number of hydrogen-bond donors (Lipinski definition) is 1. The third kappa shape index (κ3) is 1.91. The van der Waals surface area contributed by atoms with Gasteiger partial charge < -0.3 is 5.73 Å². The molecule has 3 nitrogen and oxygen atoms in total. The zero-order valence-corrected chi connectivity index (χ0v) is 9.68. The van der Waals surface area contributed by atoms with Crippen LogP contribution in [0.4, 0.5) is 5.82 Å². The maximum absolute atomic E-state index is 6.01. The first-order chi connectivity index (χ1) is 7.09. The lowest BCUT2D eigenvalue weighted by atomic mass is 10.3. The first-order valence-corrected chi connectivity index (χ1v) is 5.17. The third-order valence-electron chi connectivity index (χ3n) is 1.87. The molecule has 0 spiro atoms. The van der Waals surface area contributed by atoms with Crippen molar-refractivity contribution >= 4 is 40.6 Å². The molecule has 0 amide bonds. The lowest BCUT2D eigenvalue weighted by Gasteiger charge is -2.09. The van der Waals surface area contributed by atoms with Crippen LogP contribution < -0.4 is 5.73 Å². The number of hydrogen-bond acceptors (Lipinski definition) is 2. The van der Waals surface area contributed by atoms with Gasteiger partial charge in [0.2, 0.25) is 0 Å². The minimum Gasteiger partial charge on any atom is -0.384 e. The van der Waals surface area contributed by atoms with E-state index in [-0.39, 0.29) is 0 Å². The number of halogens is 3. The van der Waals surface area contributed by atoms with Gasteiger partial charge in [0.05, 0.1) is 16.2 Å². The first-order valence-electron chi connectivity index (χ1n) is 4.04. The summed E-state index contributed by atoms with van der Waals surface area (Å²) in [4.78, 5) is 0. The molecule has 0 aliphatic rings. The molecule has 0 unspecified atom stereocenters.